The number of hydrogen-bond donors (Lipinski definition) is 0. The number of benzene rings is 2. The van der Waals surface area contributed by atoms with E-state index in [1.54, 1.807) is 6.07 Å². The maximum atomic E-state index is 13.5. The van der Waals surface area contributed by atoms with Gasteiger partial charge in [0.1, 0.15) is 5.82 Å². The summed E-state index contributed by atoms with van der Waals surface area (Å²) in [4.78, 5) is 12.6. The van der Waals surface area contributed by atoms with E-state index in [2.05, 4.69) is 6.07 Å². The molecule has 1 fully saturated rings. The Balaban J connectivity index is 1.75. The van der Waals surface area contributed by atoms with Crippen LogP contribution in [0.2, 0.25) is 0 Å². The predicted octanol–water partition coefficient (Wildman–Crippen LogP) is 3.55. The van der Waals surface area contributed by atoms with Crippen LogP contribution in [0.15, 0.2) is 42.5 Å². The third kappa shape index (κ3) is 1.07. The molecule has 1 saturated heterocycles. The van der Waals surface area contributed by atoms with Gasteiger partial charge in [-0.15, -0.1) is 0 Å². The summed E-state index contributed by atoms with van der Waals surface area (Å²) in [6, 6.07) is 12.5. The first-order valence-electron chi connectivity index (χ1n) is 6.83. The molecule has 2 heterocycles. The Labute approximate surface area is 115 Å². The van der Waals surface area contributed by atoms with Crippen LogP contribution in [-0.4, -0.2) is 5.78 Å². The van der Waals surface area contributed by atoms with E-state index in [9.17, 15) is 9.18 Å². The summed E-state index contributed by atoms with van der Waals surface area (Å²) in [5.41, 5.74) is 3.78. The van der Waals surface area contributed by atoms with Crippen molar-refractivity contribution in [3.05, 3.63) is 70.5 Å². The highest BCUT2D eigenvalue weighted by Crippen LogP contribution is 2.64. The molecule has 0 saturated carbocycles. The summed E-state index contributed by atoms with van der Waals surface area (Å²) in [5, 5.41) is 0. The second-order valence-electron chi connectivity index (χ2n) is 5.75. The lowest BCUT2D eigenvalue weighted by molar-refractivity contribution is 0.0526. The van der Waals surface area contributed by atoms with Gasteiger partial charge in [-0.1, -0.05) is 24.3 Å². The molecule has 5 rings (SSSR count). The summed E-state index contributed by atoms with van der Waals surface area (Å²) in [6.45, 7) is 0. The monoisotopic (exact) mass is 266 g/mol. The lowest BCUT2D eigenvalue weighted by atomic mass is 9.76. The Bertz CT molecular complexity index is 767. The molecule has 2 nitrogen and oxygen atoms in total. The fourth-order valence-electron chi connectivity index (χ4n) is 4.14. The maximum Gasteiger partial charge on any atom is 0.169 e. The molecular formula is C17H11FO2. The van der Waals surface area contributed by atoms with E-state index in [-0.39, 0.29) is 35.6 Å². The highest BCUT2D eigenvalue weighted by molar-refractivity contribution is 6.04. The molecular weight excluding hydrogens is 255 g/mol. The number of Topliss-reactive ketones (excluding diaryl/α,β-unsaturated/α-hetero) is 1. The van der Waals surface area contributed by atoms with Gasteiger partial charge in [0.05, 0.1) is 18.1 Å². The number of carbonyl (C=O) groups is 1. The average molecular weight is 266 g/mol. The van der Waals surface area contributed by atoms with Gasteiger partial charge in [0.2, 0.25) is 0 Å². The van der Waals surface area contributed by atoms with E-state index in [0.29, 0.717) is 5.56 Å². The van der Waals surface area contributed by atoms with Crippen LogP contribution in [0.25, 0.3) is 0 Å². The van der Waals surface area contributed by atoms with E-state index >= 15 is 0 Å². The number of ether oxygens (including phenoxy) is 1. The molecule has 0 amide bonds. The summed E-state index contributed by atoms with van der Waals surface area (Å²) < 4.78 is 19.6. The topological polar surface area (TPSA) is 26.3 Å². The molecule has 0 radical (unpaired) electrons. The number of fused-ring (bicyclic) bond motifs is 10. The third-order valence-electron chi connectivity index (χ3n) is 4.88. The lowest BCUT2D eigenvalue weighted by Crippen LogP contribution is -2.20. The smallest absolute Gasteiger partial charge is 0.169 e. The van der Waals surface area contributed by atoms with Crippen LogP contribution in [0.3, 0.4) is 0 Å². The maximum absolute atomic E-state index is 13.5. The van der Waals surface area contributed by atoms with Gasteiger partial charge in [-0.3, -0.25) is 4.79 Å². The zero-order valence-corrected chi connectivity index (χ0v) is 10.5. The quantitative estimate of drug-likeness (QED) is 0.729. The fourth-order valence-corrected chi connectivity index (χ4v) is 4.14. The Morgan fingerprint density at radius 1 is 0.900 bits per heavy atom. The second kappa shape index (κ2) is 3.36. The standard InChI is InChI=1S/C17H11FO2/c18-8-5-6-9-12(7-8)13-14(15(9)19)17-11-4-2-1-3-10(11)16(13)20-17/h1-7,13-14,16-17H/t13-,14-,16+,17-/m0/s1. The molecule has 3 aliphatic rings. The van der Waals surface area contributed by atoms with Gasteiger partial charge >= 0.3 is 0 Å². The summed E-state index contributed by atoms with van der Waals surface area (Å²) in [7, 11) is 0. The molecule has 2 aliphatic heterocycles. The highest BCUT2D eigenvalue weighted by Gasteiger charge is 2.59. The minimum Gasteiger partial charge on any atom is -0.364 e. The third-order valence-corrected chi connectivity index (χ3v) is 4.88. The molecule has 4 atom stereocenters. The van der Waals surface area contributed by atoms with Crippen LogP contribution in [0.4, 0.5) is 4.39 Å². The first-order valence-corrected chi connectivity index (χ1v) is 6.83. The minimum atomic E-state index is -0.284. The van der Waals surface area contributed by atoms with Crippen LogP contribution < -0.4 is 0 Å². The number of ketones is 1. The van der Waals surface area contributed by atoms with Gasteiger partial charge in [0, 0.05) is 11.5 Å². The Kier molecular flexibility index (Phi) is 1.80. The molecule has 2 bridgehead atoms. The van der Waals surface area contributed by atoms with Crippen molar-refractivity contribution in [2.45, 2.75) is 18.1 Å². The number of halogens is 1. The highest BCUT2D eigenvalue weighted by atomic mass is 19.1. The molecule has 2 aromatic carbocycles. The first kappa shape index (κ1) is 10.7. The molecule has 0 unspecified atom stereocenters. The largest absolute Gasteiger partial charge is 0.364 e. The van der Waals surface area contributed by atoms with E-state index in [1.165, 1.54) is 12.1 Å². The SMILES string of the molecule is O=C1c2ccc(F)cc2[C@H]2[C@@H]1[C@H]1O[C@@H]2c2ccccc21. The van der Waals surface area contributed by atoms with Gasteiger partial charge in [0.15, 0.2) is 5.78 Å². The van der Waals surface area contributed by atoms with Gasteiger partial charge in [-0.2, -0.15) is 0 Å². The number of rotatable bonds is 0. The van der Waals surface area contributed by atoms with Crippen LogP contribution in [-0.2, 0) is 4.74 Å². The molecule has 0 N–H and O–H groups in total. The molecule has 3 heteroatoms. The molecule has 0 spiro atoms. The van der Waals surface area contributed by atoms with Crippen molar-refractivity contribution in [3.63, 3.8) is 0 Å². The van der Waals surface area contributed by atoms with Gasteiger partial charge in [-0.05, 0) is 34.9 Å². The predicted molar refractivity (Wildman–Crippen MR) is 70.0 cm³/mol. The van der Waals surface area contributed by atoms with Crippen LogP contribution >= 0.6 is 0 Å². The first-order chi connectivity index (χ1) is 9.75. The van der Waals surface area contributed by atoms with Crippen molar-refractivity contribution in [2.75, 3.05) is 0 Å². The van der Waals surface area contributed by atoms with Crippen LogP contribution in [0, 0.1) is 11.7 Å². The van der Waals surface area contributed by atoms with Crippen molar-refractivity contribution in [2.24, 2.45) is 5.92 Å². The zero-order chi connectivity index (χ0) is 13.4. The number of carbonyl (C=O) groups excluding carboxylic acids is 1. The van der Waals surface area contributed by atoms with E-state index in [4.69, 9.17) is 4.74 Å². The van der Waals surface area contributed by atoms with Crippen LogP contribution in [0.5, 0.6) is 0 Å². The molecule has 2 aromatic rings. The van der Waals surface area contributed by atoms with Crippen molar-refractivity contribution in [1.82, 2.24) is 0 Å². The van der Waals surface area contributed by atoms with Crippen molar-refractivity contribution in [3.8, 4) is 0 Å². The molecule has 1 aliphatic carbocycles. The summed E-state index contributed by atoms with van der Waals surface area (Å²) >= 11 is 0. The lowest BCUT2D eigenvalue weighted by Gasteiger charge is -2.22. The van der Waals surface area contributed by atoms with E-state index < -0.39 is 0 Å². The van der Waals surface area contributed by atoms with Crippen molar-refractivity contribution < 1.29 is 13.9 Å². The summed E-state index contributed by atoms with van der Waals surface area (Å²) in [5.74, 6) is -0.375. The normalized spacial score (nSPS) is 32.1. The molecule has 98 valence electrons. The number of hydrogen-bond acceptors (Lipinski definition) is 2. The van der Waals surface area contributed by atoms with Crippen molar-refractivity contribution >= 4 is 5.78 Å². The van der Waals surface area contributed by atoms with E-state index in [0.717, 1.165) is 16.7 Å². The zero-order valence-electron chi connectivity index (χ0n) is 10.5. The van der Waals surface area contributed by atoms with Gasteiger partial charge in [-0.25, -0.2) is 4.39 Å². The van der Waals surface area contributed by atoms with Crippen molar-refractivity contribution in [1.29, 1.82) is 0 Å². The Morgan fingerprint density at radius 3 is 2.35 bits per heavy atom. The Hall–Kier alpha value is -2.00. The fraction of sp³-hybridized carbons (Fsp3) is 0.235. The van der Waals surface area contributed by atoms with E-state index in [1.807, 2.05) is 18.2 Å². The Morgan fingerprint density at radius 2 is 1.60 bits per heavy atom. The molecule has 20 heavy (non-hydrogen) atoms. The van der Waals surface area contributed by atoms with Crippen LogP contribution in [0.1, 0.15) is 45.2 Å². The second-order valence-corrected chi connectivity index (χ2v) is 5.75. The average Bonchev–Trinajstić information content (AvgIpc) is 3.10. The van der Waals surface area contributed by atoms with Gasteiger partial charge in [0.25, 0.3) is 0 Å². The molecule has 0 aromatic heterocycles. The minimum absolute atomic E-state index is 0.0203. The van der Waals surface area contributed by atoms with Gasteiger partial charge < -0.3 is 4.74 Å². The summed E-state index contributed by atoms with van der Waals surface area (Å²) in [6.07, 6.45) is -0.266.